The van der Waals surface area contributed by atoms with Crippen LogP contribution >= 0.6 is 0 Å². The van der Waals surface area contributed by atoms with Crippen LogP contribution in [0.1, 0.15) is 21.5 Å². The van der Waals surface area contributed by atoms with Crippen LogP contribution in [0.15, 0.2) is 48.5 Å². The zero-order valence-corrected chi connectivity index (χ0v) is 15.0. The van der Waals surface area contributed by atoms with Crippen molar-refractivity contribution in [2.24, 2.45) is 0 Å². The highest BCUT2D eigenvalue weighted by Gasteiger charge is 2.24. The Kier molecular flexibility index (Phi) is 4.31. The summed E-state index contributed by atoms with van der Waals surface area (Å²) in [7, 11) is 3.98. The molecule has 0 spiro atoms. The number of nitrogens with one attached hydrogen (secondary N) is 2. The van der Waals surface area contributed by atoms with E-state index in [0.717, 1.165) is 29.9 Å². The van der Waals surface area contributed by atoms with E-state index in [-0.39, 0.29) is 5.91 Å². The lowest BCUT2D eigenvalue weighted by atomic mass is 10.0. The minimum Gasteiger partial charge on any atom is -0.351 e. The Morgan fingerprint density at radius 2 is 1.92 bits per heavy atom. The molecular weight excluding hydrogens is 324 g/mol. The van der Waals surface area contributed by atoms with Crippen molar-refractivity contribution < 1.29 is 4.79 Å². The molecule has 5 nitrogen and oxygen atoms in total. The second kappa shape index (κ2) is 6.77. The average Bonchev–Trinajstić information content (AvgIpc) is 3.20. The van der Waals surface area contributed by atoms with Gasteiger partial charge in [0.25, 0.3) is 5.91 Å². The van der Waals surface area contributed by atoms with Crippen LogP contribution < -0.4 is 5.32 Å². The number of rotatable bonds is 5. The van der Waals surface area contributed by atoms with Gasteiger partial charge < -0.3 is 10.2 Å². The Balaban J connectivity index is 1.52. The van der Waals surface area contributed by atoms with E-state index in [1.807, 2.05) is 43.3 Å². The number of fused-ring (bicyclic) bond motifs is 3. The molecule has 0 aliphatic heterocycles. The van der Waals surface area contributed by atoms with Crippen molar-refractivity contribution in [3.63, 3.8) is 0 Å². The van der Waals surface area contributed by atoms with Gasteiger partial charge in [0, 0.05) is 41.8 Å². The van der Waals surface area contributed by atoms with E-state index in [9.17, 15) is 4.79 Å². The molecule has 0 saturated carbocycles. The number of aromatic amines is 1. The van der Waals surface area contributed by atoms with Crippen molar-refractivity contribution in [1.29, 1.82) is 0 Å². The van der Waals surface area contributed by atoms with Crippen molar-refractivity contribution in [1.82, 2.24) is 20.4 Å². The minimum atomic E-state index is -0.0435. The summed E-state index contributed by atoms with van der Waals surface area (Å²) in [5, 5.41) is 10.6. The number of carbonyl (C=O) groups is 1. The minimum absolute atomic E-state index is 0.0435. The predicted molar refractivity (Wildman–Crippen MR) is 103 cm³/mol. The quantitative estimate of drug-likeness (QED) is 0.584. The van der Waals surface area contributed by atoms with E-state index in [4.69, 9.17) is 0 Å². The monoisotopic (exact) mass is 346 g/mol. The van der Waals surface area contributed by atoms with Crippen molar-refractivity contribution in [3.8, 4) is 22.5 Å². The van der Waals surface area contributed by atoms with E-state index in [2.05, 4.69) is 39.8 Å². The van der Waals surface area contributed by atoms with E-state index in [0.29, 0.717) is 12.1 Å². The molecule has 0 unspecified atom stereocenters. The van der Waals surface area contributed by atoms with Gasteiger partial charge in [0.15, 0.2) is 0 Å². The summed E-state index contributed by atoms with van der Waals surface area (Å²) in [6.07, 6.45) is 0.893. The first-order valence-electron chi connectivity index (χ1n) is 8.82. The van der Waals surface area contributed by atoms with Gasteiger partial charge in [-0.25, -0.2) is 0 Å². The molecule has 1 aliphatic carbocycles. The van der Waals surface area contributed by atoms with Crippen molar-refractivity contribution >= 4 is 5.91 Å². The van der Waals surface area contributed by atoms with Crippen molar-refractivity contribution in [2.45, 2.75) is 6.42 Å². The largest absolute Gasteiger partial charge is 0.351 e. The number of hydrogen-bond acceptors (Lipinski definition) is 3. The van der Waals surface area contributed by atoms with Crippen LogP contribution in [0.25, 0.3) is 22.5 Å². The Morgan fingerprint density at radius 3 is 2.69 bits per heavy atom. The lowest BCUT2D eigenvalue weighted by molar-refractivity contribution is 0.0951. The molecule has 4 rings (SSSR count). The molecule has 1 aliphatic rings. The van der Waals surface area contributed by atoms with Gasteiger partial charge in [-0.05, 0) is 31.8 Å². The van der Waals surface area contributed by atoms with Crippen molar-refractivity contribution in [3.05, 3.63) is 65.2 Å². The van der Waals surface area contributed by atoms with Crippen molar-refractivity contribution in [2.75, 3.05) is 27.2 Å². The average molecular weight is 346 g/mol. The standard InChI is InChI=1S/C21H22N4O/c1-25(2)12-11-22-21(26)15-9-7-14(8-10-15)19-18-13-16-5-3-4-6-17(16)20(18)24-23-19/h3-10H,11-13H2,1-2H3,(H,22,26)(H,23,24). The van der Waals surface area contributed by atoms with Crippen LogP contribution in [0.4, 0.5) is 0 Å². The first kappa shape index (κ1) is 16.5. The van der Waals surface area contributed by atoms with Crippen LogP contribution in [0.5, 0.6) is 0 Å². The molecule has 0 saturated heterocycles. The second-order valence-corrected chi connectivity index (χ2v) is 6.90. The molecule has 2 aromatic carbocycles. The molecule has 1 aromatic heterocycles. The zero-order valence-electron chi connectivity index (χ0n) is 15.0. The number of nitrogens with zero attached hydrogens (tertiary/aromatic N) is 2. The first-order chi connectivity index (χ1) is 12.6. The topological polar surface area (TPSA) is 61.0 Å². The molecule has 3 aromatic rings. The predicted octanol–water partition coefficient (Wildman–Crippen LogP) is 2.94. The molecule has 1 heterocycles. The maximum absolute atomic E-state index is 12.2. The van der Waals surface area contributed by atoms with Crippen LogP contribution in [-0.2, 0) is 6.42 Å². The molecular formula is C21H22N4O. The van der Waals surface area contributed by atoms with Crippen LogP contribution in [0.3, 0.4) is 0 Å². The smallest absolute Gasteiger partial charge is 0.251 e. The molecule has 2 N–H and O–H groups in total. The molecule has 5 heteroatoms. The highest BCUT2D eigenvalue weighted by molar-refractivity contribution is 5.94. The lowest BCUT2D eigenvalue weighted by Gasteiger charge is -2.10. The zero-order chi connectivity index (χ0) is 18.1. The van der Waals surface area contributed by atoms with Gasteiger partial charge in [-0.15, -0.1) is 0 Å². The number of benzene rings is 2. The third-order valence-corrected chi connectivity index (χ3v) is 4.79. The number of aromatic nitrogens is 2. The van der Waals surface area contributed by atoms with Gasteiger partial charge in [0.2, 0.25) is 0 Å². The number of hydrogen-bond donors (Lipinski definition) is 2. The maximum atomic E-state index is 12.2. The molecule has 0 radical (unpaired) electrons. The molecule has 1 amide bonds. The van der Waals surface area contributed by atoms with Gasteiger partial charge in [0.05, 0.1) is 11.4 Å². The number of likely N-dealkylation sites (N-methyl/N-ethyl adjacent to an activating group) is 1. The fourth-order valence-electron chi connectivity index (χ4n) is 3.38. The summed E-state index contributed by atoms with van der Waals surface area (Å²) in [4.78, 5) is 14.2. The molecule has 132 valence electrons. The maximum Gasteiger partial charge on any atom is 0.251 e. The normalized spacial score (nSPS) is 12.1. The van der Waals surface area contributed by atoms with Crippen LogP contribution in [0.2, 0.25) is 0 Å². The fourth-order valence-corrected chi connectivity index (χ4v) is 3.38. The summed E-state index contributed by atoms with van der Waals surface area (Å²) >= 11 is 0. The molecule has 0 bridgehead atoms. The van der Waals surface area contributed by atoms with E-state index in [1.165, 1.54) is 16.7 Å². The van der Waals surface area contributed by atoms with Gasteiger partial charge in [-0.1, -0.05) is 36.4 Å². The van der Waals surface area contributed by atoms with E-state index in [1.54, 1.807) is 0 Å². The third-order valence-electron chi connectivity index (χ3n) is 4.79. The summed E-state index contributed by atoms with van der Waals surface area (Å²) < 4.78 is 0. The summed E-state index contributed by atoms with van der Waals surface area (Å²) in [6, 6.07) is 16.1. The Labute approximate surface area is 153 Å². The molecule has 0 atom stereocenters. The van der Waals surface area contributed by atoms with Gasteiger partial charge in [-0.2, -0.15) is 5.10 Å². The summed E-state index contributed by atoms with van der Waals surface area (Å²) in [5.41, 5.74) is 7.57. The van der Waals surface area contributed by atoms with Gasteiger partial charge in [-0.3, -0.25) is 9.89 Å². The van der Waals surface area contributed by atoms with E-state index >= 15 is 0 Å². The fraction of sp³-hybridized carbons (Fsp3) is 0.238. The van der Waals surface area contributed by atoms with Crippen LogP contribution in [0, 0.1) is 0 Å². The summed E-state index contributed by atoms with van der Waals surface area (Å²) in [6.45, 7) is 1.46. The molecule has 0 fully saturated rings. The Hall–Kier alpha value is -2.92. The Morgan fingerprint density at radius 1 is 1.15 bits per heavy atom. The summed E-state index contributed by atoms with van der Waals surface area (Å²) in [5.74, 6) is -0.0435. The SMILES string of the molecule is CN(C)CCNC(=O)c1ccc(-c2n[nH]c3c2Cc2ccccc2-3)cc1. The third kappa shape index (κ3) is 3.02. The number of H-pyrrole nitrogens is 1. The lowest BCUT2D eigenvalue weighted by Crippen LogP contribution is -2.31. The highest BCUT2D eigenvalue weighted by atomic mass is 16.1. The Bertz CT molecular complexity index is 941. The van der Waals surface area contributed by atoms with Crippen LogP contribution in [-0.4, -0.2) is 48.2 Å². The highest BCUT2D eigenvalue weighted by Crippen LogP contribution is 2.39. The first-order valence-corrected chi connectivity index (χ1v) is 8.82. The number of carbonyl (C=O) groups excluding carboxylic acids is 1. The van der Waals surface area contributed by atoms with E-state index < -0.39 is 0 Å². The number of amides is 1. The second-order valence-electron chi connectivity index (χ2n) is 6.90. The van der Waals surface area contributed by atoms with Gasteiger partial charge in [0.1, 0.15) is 0 Å². The molecule has 26 heavy (non-hydrogen) atoms. The van der Waals surface area contributed by atoms with Gasteiger partial charge >= 0.3 is 0 Å².